The number of benzene rings is 2. The largest absolute Gasteiger partial charge is 0.358 e. The molecule has 0 radical (unpaired) electrons. The molecule has 1 fully saturated rings. The second kappa shape index (κ2) is 9.35. The van der Waals surface area contributed by atoms with Crippen molar-refractivity contribution in [2.75, 3.05) is 6.54 Å². The lowest BCUT2D eigenvalue weighted by Crippen LogP contribution is -2.50. The normalized spacial score (nSPS) is 19.0. The molecule has 1 aromatic heterocycles. The van der Waals surface area contributed by atoms with Crippen LogP contribution in [-0.2, 0) is 19.4 Å². The summed E-state index contributed by atoms with van der Waals surface area (Å²) in [4.78, 5) is 19.0. The molecular weight excluding hydrogens is 401 g/mol. The Balaban J connectivity index is 1.36. The lowest BCUT2D eigenvalue weighted by molar-refractivity contribution is 0.144. The first kappa shape index (κ1) is 21.0. The van der Waals surface area contributed by atoms with E-state index in [9.17, 15) is 9.18 Å². The molecule has 168 valence electrons. The molecule has 5 heteroatoms. The van der Waals surface area contributed by atoms with E-state index in [0.29, 0.717) is 12.5 Å². The van der Waals surface area contributed by atoms with Crippen LogP contribution in [0.1, 0.15) is 55.3 Å². The van der Waals surface area contributed by atoms with Crippen LogP contribution in [0, 0.1) is 11.7 Å². The summed E-state index contributed by atoms with van der Waals surface area (Å²) in [5.74, 6) is 0.370. The van der Waals surface area contributed by atoms with Gasteiger partial charge in [-0.1, -0.05) is 49.6 Å². The number of amides is 2. The van der Waals surface area contributed by atoms with Gasteiger partial charge in [-0.2, -0.15) is 0 Å². The molecule has 1 atom stereocenters. The van der Waals surface area contributed by atoms with Crippen LogP contribution in [0.2, 0.25) is 0 Å². The first-order chi connectivity index (χ1) is 15.7. The molecule has 0 aliphatic heterocycles. The zero-order valence-corrected chi connectivity index (χ0v) is 18.6. The van der Waals surface area contributed by atoms with E-state index in [-0.39, 0.29) is 17.9 Å². The van der Waals surface area contributed by atoms with Gasteiger partial charge in [0.25, 0.3) is 0 Å². The minimum absolute atomic E-state index is 0.0268. The first-order valence-corrected chi connectivity index (χ1v) is 12.0. The molecule has 2 aromatic carbocycles. The number of hydrogen-bond acceptors (Lipinski definition) is 1. The van der Waals surface area contributed by atoms with Gasteiger partial charge in [-0.25, -0.2) is 9.18 Å². The average Bonchev–Trinajstić information content (AvgIpc) is 3.19. The van der Waals surface area contributed by atoms with Crippen LogP contribution in [0.5, 0.6) is 0 Å². The highest BCUT2D eigenvalue weighted by atomic mass is 19.1. The third kappa shape index (κ3) is 4.52. The number of H-pyrrole nitrogens is 1. The predicted octanol–water partition coefficient (Wildman–Crippen LogP) is 5.96. The van der Waals surface area contributed by atoms with Crippen LogP contribution in [0.4, 0.5) is 9.18 Å². The Hall–Kier alpha value is -2.82. The Morgan fingerprint density at radius 3 is 2.69 bits per heavy atom. The number of hydrogen-bond donors (Lipinski definition) is 2. The van der Waals surface area contributed by atoms with Crippen molar-refractivity contribution in [1.29, 1.82) is 0 Å². The molecule has 1 unspecified atom stereocenters. The molecule has 0 spiro atoms. The number of nitrogens with zero attached hydrogens (tertiary/aromatic N) is 1. The highest BCUT2D eigenvalue weighted by molar-refractivity contribution is 5.85. The van der Waals surface area contributed by atoms with Crippen molar-refractivity contribution in [2.24, 2.45) is 5.92 Å². The first-order valence-electron chi connectivity index (χ1n) is 12.0. The minimum atomic E-state index is -0.207. The molecule has 2 N–H and O–H groups in total. The van der Waals surface area contributed by atoms with Gasteiger partial charge in [0, 0.05) is 35.7 Å². The van der Waals surface area contributed by atoms with Gasteiger partial charge in [0.2, 0.25) is 0 Å². The summed E-state index contributed by atoms with van der Waals surface area (Å²) in [6, 6.07) is 15.2. The molecule has 2 aliphatic rings. The smallest absolute Gasteiger partial charge is 0.317 e. The highest BCUT2D eigenvalue weighted by Gasteiger charge is 2.31. The van der Waals surface area contributed by atoms with Crippen LogP contribution in [0.25, 0.3) is 10.9 Å². The molecule has 4 nitrogen and oxygen atoms in total. The zero-order chi connectivity index (χ0) is 21.9. The zero-order valence-electron chi connectivity index (χ0n) is 18.6. The van der Waals surface area contributed by atoms with Gasteiger partial charge in [-0.15, -0.1) is 0 Å². The standard InChI is InChI=1S/C27H32FN3O/c28-21-11-13-25-23(15-21)24-16-22(12-14-26(24)30-25)31(18-20-9-5-2-6-10-20)27(32)29-17-19-7-3-1-4-8-19/h1,3-4,7-8,11,13,15,20,22,30H,2,5-6,9-10,12,14,16-18H2,(H,29,32). The molecule has 1 heterocycles. The van der Waals surface area contributed by atoms with Gasteiger partial charge in [0.1, 0.15) is 5.82 Å². The number of carbonyl (C=O) groups is 1. The van der Waals surface area contributed by atoms with E-state index in [1.54, 1.807) is 6.07 Å². The number of halogens is 1. The van der Waals surface area contributed by atoms with Gasteiger partial charge < -0.3 is 15.2 Å². The van der Waals surface area contributed by atoms with E-state index < -0.39 is 0 Å². The topological polar surface area (TPSA) is 48.1 Å². The Labute approximate surface area is 189 Å². The summed E-state index contributed by atoms with van der Waals surface area (Å²) in [7, 11) is 0. The summed E-state index contributed by atoms with van der Waals surface area (Å²) < 4.78 is 14.0. The van der Waals surface area contributed by atoms with Crippen molar-refractivity contribution in [3.05, 3.63) is 71.2 Å². The van der Waals surface area contributed by atoms with Crippen LogP contribution < -0.4 is 5.32 Å². The molecule has 32 heavy (non-hydrogen) atoms. The van der Waals surface area contributed by atoms with E-state index in [2.05, 4.69) is 15.2 Å². The molecule has 1 saturated carbocycles. The Kier molecular flexibility index (Phi) is 6.15. The SMILES string of the molecule is O=C(NCc1ccccc1)N(CC1CCCCC1)C1CCc2[nH]c3ccc(F)cc3c2C1. The van der Waals surface area contributed by atoms with Crippen molar-refractivity contribution in [3.8, 4) is 0 Å². The Bertz CT molecular complexity index is 1070. The lowest BCUT2D eigenvalue weighted by atomic mass is 9.86. The van der Waals surface area contributed by atoms with Crippen LogP contribution in [0.15, 0.2) is 48.5 Å². The molecule has 0 saturated heterocycles. The van der Waals surface area contributed by atoms with Crippen molar-refractivity contribution < 1.29 is 9.18 Å². The fraction of sp³-hybridized carbons (Fsp3) is 0.444. The number of urea groups is 1. The van der Waals surface area contributed by atoms with Gasteiger partial charge in [0.15, 0.2) is 0 Å². The highest BCUT2D eigenvalue weighted by Crippen LogP contribution is 2.33. The summed E-state index contributed by atoms with van der Waals surface area (Å²) >= 11 is 0. The number of rotatable bonds is 5. The quantitative estimate of drug-likeness (QED) is 0.513. The third-order valence-electron chi connectivity index (χ3n) is 7.29. The van der Waals surface area contributed by atoms with Crippen LogP contribution >= 0.6 is 0 Å². The number of fused-ring (bicyclic) bond motifs is 3. The minimum Gasteiger partial charge on any atom is -0.358 e. The Morgan fingerprint density at radius 1 is 1.06 bits per heavy atom. The number of aromatic nitrogens is 1. The predicted molar refractivity (Wildman–Crippen MR) is 126 cm³/mol. The number of nitrogens with one attached hydrogen (secondary N) is 2. The molecular formula is C27H32FN3O. The fourth-order valence-electron chi connectivity index (χ4n) is 5.56. The number of aryl methyl sites for hydroxylation is 1. The average molecular weight is 434 g/mol. The van der Waals surface area contributed by atoms with Gasteiger partial charge in [0.05, 0.1) is 0 Å². The maximum atomic E-state index is 14.0. The molecule has 2 aliphatic carbocycles. The number of carbonyl (C=O) groups excluding carboxylic acids is 1. The molecule has 0 bridgehead atoms. The van der Waals surface area contributed by atoms with Crippen molar-refractivity contribution in [2.45, 2.75) is 64.0 Å². The monoisotopic (exact) mass is 433 g/mol. The second-order valence-electron chi connectivity index (χ2n) is 9.47. The lowest BCUT2D eigenvalue weighted by Gasteiger charge is -2.37. The van der Waals surface area contributed by atoms with Crippen molar-refractivity contribution in [3.63, 3.8) is 0 Å². The number of aromatic amines is 1. The molecule has 2 amide bonds. The van der Waals surface area contributed by atoms with Gasteiger partial charge in [-0.05, 0) is 67.3 Å². The third-order valence-corrected chi connectivity index (χ3v) is 7.29. The summed E-state index contributed by atoms with van der Waals surface area (Å²) in [6.45, 7) is 1.36. The van der Waals surface area contributed by atoms with E-state index in [1.807, 2.05) is 36.4 Å². The Morgan fingerprint density at radius 2 is 1.88 bits per heavy atom. The van der Waals surface area contributed by atoms with E-state index in [1.165, 1.54) is 49.4 Å². The van der Waals surface area contributed by atoms with E-state index >= 15 is 0 Å². The van der Waals surface area contributed by atoms with Crippen molar-refractivity contribution >= 4 is 16.9 Å². The molecule has 5 rings (SSSR count). The fourth-order valence-corrected chi connectivity index (χ4v) is 5.56. The maximum Gasteiger partial charge on any atom is 0.317 e. The molecule has 3 aromatic rings. The summed E-state index contributed by atoms with van der Waals surface area (Å²) in [5.41, 5.74) is 4.48. The van der Waals surface area contributed by atoms with E-state index in [0.717, 1.165) is 42.3 Å². The summed E-state index contributed by atoms with van der Waals surface area (Å²) in [6.07, 6.45) is 8.87. The van der Waals surface area contributed by atoms with Crippen LogP contribution in [-0.4, -0.2) is 28.5 Å². The van der Waals surface area contributed by atoms with E-state index in [4.69, 9.17) is 0 Å². The van der Waals surface area contributed by atoms with Crippen LogP contribution in [0.3, 0.4) is 0 Å². The second-order valence-corrected chi connectivity index (χ2v) is 9.47. The van der Waals surface area contributed by atoms with Gasteiger partial charge in [-0.3, -0.25) is 0 Å². The maximum absolute atomic E-state index is 14.0. The van der Waals surface area contributed by atoms with Crippen molar-refractivity contribution in [1.82, 2.24) is 15.2 Å². The summed E-state index contributed by atoms with van der Waals surface area (Å²) in [5, 5.41) is 4.13. The van der Waals surface area contributed by atoms with Gasteiger partial charge >= 0.3 is 6.03 Å².